The number of halogens is 1. The number of fused-ring (bicyclic) bond motifs is 1. The molecule has 0 atom stereocenters. The normalized spacial score (nSPS) is 14.2. The number of sulfonamides is 1. The lowest BCUT2D eigenvalue weighted by molar-refractivity contribution is 0.297. The van der Waals surface area contributed by atoms with Gasteiger partial charge in [-0.25, -0.2) is 12.8 Å². The fourth-order valence-corrected chi connectivity index (χ4v) is 3.25. The molecule has 122 valence electrons. The summed E-state index contributed by atoms with van der Waals surface area (Å²) in [5.41, 5.74) is 0.615. The van der Waals surface area contributed by atoms with E-state index in [9.17, 15) is 12.8 Å². The van der Waals surface area contributed by atoms with E-state index in [0.29, 0.717) is 30.3 Å². The molecule has 1 aliphatic rings. The Morgan fingerprint density at radius 3 is 2.52 bits per heavy atom. The molecule has 23 heavy (non-hydrogen) atoms. The van der Waals surface area contributed by atoms with Crippen LogP contribution in [0, 0.1) is 12.7 Å². The van der Waals surface area contributed by atoms with Gasteiger partial charge in [0.15, 0.2) is 11.5 Å². The first-order valence-electron chi connectivity index (χ1n) is 7.14. The molecule has 0 bridgehead atoms. The molecule has 3 rings (SSSR count). The van der Waals surface area contributed by atoms with Gasteiger partial charge >= 0.3 is 0 Å². The highest BCUT2D eigenvalue weighted by molar-refractivity contribution is 7.92. The van der Waals surface area contributed by atoms with Gasteiger partial charge in [0.05, 0.1) is 23.8 Å². The Morgan fingerprint density at radius 1 is 1.04 bits per heavy atom. The second-order valence-electron chi connectivity index (χ2n) is 5.23. The lowest BCUT2D eigenvalue weighted by Crippen LogP contribution is -2.13. The zero-order chi connectivity index (χ0) is 16.4. The Morgan fingerprint density at radius 2 is 1.78 bits per heavy atom. The summed E-state index contributed by atoms with van der Waals surface area (Å²) in [6.07, 6.45) is 0.734. The van der Waals surface area contributed by atoms with E-state index in [1.807, 2.05) is 0 Å². The molecule has 1 aliphatic heterocycles. The van der Waals surface area contributed by atoms with Gasteiger partial charge in [0.25, 0.3) is 10.0 Å². The average molecular weight is 337 g/mol. The highest BCUT2D eigenvalue weighted by Gasteiger charge is 2.19. The molecule has 0 aromatic heterocycles. The minimum Gasteiger partial charge on any atom is -0.490 e. The monoisotopic (exact) mass is 337 g/mol. The third-order valence-electron chi connectivity index (χ3n) is 3.45. The maximum atomic E-state index is 13.6. The number of rotatable bonds is 3. The lowest BCUT2D eigenvalue weighted by Gasteiger charge is -2.12. The van der Waals surface area contributed by atoms with Crippen LogP contribution in [0.3, 0.4) is 0 Å². The van der Waals surface area contributed by atoms with E-state index in [0.717, 1.165) is 12.5 Å². The smallest absolute Gasteiger partial charge is 0.262 e. The van der Waals surface area contributed by atoms with Crippen molar-refractivity contribution < 1.29 is 22.3 Å². The molecule has 0 saturated heterocycles. The van der Waals surface area contributed by atoms with Gasteiger partial charge in [-0.2, -0.15) is 0 Å². The predicted octanol–water partition coefficient (Wildman–Crippen LogP) is 3.10. The quantitative estimate of drug-likeness (QED) is 0.935. The number of aryl methyl sites for hydroxylation is 1. The van der Waals surface area contributed by atoms with Crippen LogP contribution in [0.2, 0.25) is 0 Å². The molecule has 0 aliphatic carbocycles. The summed E-state index contributed by atoms with van der Waals surface area (Å²) >= 11 is 0. The Balaban J connectivity index is 1.90. The van der Waals surface area contributed by atoms with E-state index in [1.54, 1.807) is 13.0 Å². The number of hydrogen-bond acceptors (Lipinski definition) is 4. The van der Waals surface area contributed by atoms with Crippen LogP contribution in [0.1, 0.15) is 12.0 Å². The summed E-state index contributed by atoms with van der Waals surface area (Å²) in [6, 6.07) is 8.58. The third kappa shape index (κ3) is 3.39. The molecule has 0 amide bonds. The van der Waals surface area contributed by atoms with E-state index in [-0.39, 0.29) is 10.6 Å². The predicted molar refractivity (Wildman–Crippen MR) is 84.0 cm³/mol. The zero-order valence-corrected chi connectivity index (χ0v) is 13.3. The minimum atomic E-state index is -3.84. The molecule has 1 N–H and O–H groups in total. The first-order chi connectivity index (χ1) is 11.0. The standard InChI is InChI=1S/C16H16FNO4S/c1-11-3-4-12(9-14(11)17)18-23(19,20)13-5-6-15-16(10-13)22-8-2-7-21-15/h3-6,9-10,18H,2,7-8H2,1H3. The molecule has 2 aromatic rings. The van der Waals surface area contributed by atoms with Crippen LogP contribution in [0.5, 0.6) is 11.5 Å². The maximum absolute atomic E-state index is 13.6. The first-order valence-corrected chi connectivity index (χ1v) is 8.63. The molecule has 5 nitrogen and oxygen atoms in total. The van der Waals surface area contributed by atoms with Crippen molar-refractivity contribution in [3.8, 4) is 11.5 Å². The molecular formula is C16H16FNO4S. The maximum Gasteiger partial charge on any atom is 0.262 e. The molecular weight excluding hydrogens is 321 g/mol. The Kier molecular flexibility index (Phi) is 4.12. The zero-order valence-electron chi connectivity index (χ0n) is 12.5. The van der Waals surface area contributed by atoms with Crippen LogP contribution in [-0.2, 0) is 10.0 Å². The number of ether oxygens (including phenoxy) is 2. The molecule has 0 unspecified atom stereocenters. The molecule has 0 spiro atoms. The number of nitrogens with one attached hydrogen (secondary N) is 1. The van der Waals surface area contributed by atoms with Crippen molar-refractivity contribution in [1.82, 2.24) is 0 Å². The second kappa shape index (κ2) is 6.08. The van der Waals surface area contributed by atoms with Crippen LogP contribution in [0.4, 0.5) is 10.1 Å². The van der Waals surface area contributed by atoms with Crippen molar-refractivity contribution >= 4 is 15.7 Å². The van der Waals surface area contributed by atoms with E-state index < -0.39 is 15.8 Å². The van der Waals surface area contributed by atoms with Gasteiger partial charge < -0.3 is 9.47 Å². The number of hydrogen-bond donors (Lipinski definition) is 1. The van der Waals surface area contributed by atoms with Gasteiger partial charge in [-0.3, -0.25) is 4.72 Å². The fraction of sp³-hybridized carbons (Fsp3) is 0.250. The average Bonchev–Trinajstić information content (AvgIpc) is 2.75. The topological polar surface area (TPSA) is 64.6 Å². The van der Waals surface area contributed by atoms with E-state index >= 15 is 0 Å². The number of anilines is 1. The van der Waals surface area contributed by atoms with Gasteiger partial charge in [-0.15, -0.1) is 0 Å². The van der Waals surface area contributed by atoms with Crippen molar-refractivity contribution in [3.63, 3.8) is 0 Å². The third-order valence-corrected chi connectivity index (χ3v) is 4.83. The van der Waals surface area contributed by atoms with Crippen LogP contribution in [0.25, 0.3) is 0 Å². The van der Waals surface area contributed by atoms with E-state index in [1.165, 1.54) is 24.3 Å². The molecule has 2 aromatic carbocycles. The van der Waals surface area contributed by atoms with Crippen molar-refractivity contribution in [2.24, 2.45) is 0 Å². The Hall–Kier alpha value is -2.28. The SMILES string of the molecule is Cc1ccc(NS(=O)(=O)c2ccc3c(c2)OCCCO3)cc1F. The van der Waals surface area contributed by atoms with Crippen molar-refractivity contribution in [3.05, 3.63) is 47.8 Å². The van der Waals surface area contributed by atoms with Crippen molar-refractivity contribution in [1.29, 1.82) is 0 Å². The highest BCUT2D eigenvalue weighted by Crippen LogP contribution is 2.32. The molecule has 0 radical (unpaired) electrons. The Bertz CT molecular complexity index is 836. The van der Waals surface area contributed by atoms with E-state index in [4.69, 9.17) is 9.47 Å². The summed E-state index contributed by atoms with van der Waals surface area (Å²) in [5.74, 6) is 0.437. The van der Waals surface area contributed by atoms with Crippen molar-refractivity contribution in [2.45, 2.75) is 18.2 Å². The molecule has 7 heteroatoms. The van der Waals surface area contributed by atoms with Crippen LogP contribution in [0.15, 0.2) is 41.3 Å². The summed E-state index contributed by atoms with van der Waals surface area (Å²) < 4.78 is 51.8. The van der Waals surface area contributed by atoms with Crippen LogP contribution >= 0.6 is 0 Å². The summed E-state index contributed by atoms with van der Waals surface area (Å²) in [6.45, 7) is 2.60. The van der Waals surface area contributed by atoms with Crippen molar-refractivity contribution in [2.75, 3.05) is 17.9 Å². The summed E-state index contributed by atoms with van der Waals surface area (Å²) in [5, 5.41) is 0. The first kappa shape index (κ1) is 15.6. The van der Waals surface area contributed by atoms with Gasteiger partial charge in [0.1, 0.15) is 5.82 Å². The fourth-order valence-electron chi connectivity index (χ4n) is 2.18. The summed E-state index contributed by atoms with van der Waals surface area (Å²) in [7, 11) is -3.84. The highest BCUT2D eigenvalue weighted by atomic mass is 32.2. The van der Waals surface area contributed by atoms with Gasteiger partial charge in [0, 0.05) is 12.5 Å². The van der Waals surface area contributed by atoms with Crippen LogP contribution < -0.4 is 14.2 Å². The second-order valence-corrected chi connectivity index (χ2v) is 6.91. The number of benzene rings is 2. The largest absolute Gasteiger partial charge is 0.490 e. The lowest BCUT2D eigenvalue weighted by atomic mass is 10.2. The van der Waals surface area contributed by atoms with Crippen LogP contribution in [-0.4, -0.2) is 21.6 Å². The van der Waals surface area contributed by atoms with Gasteiger partial charge in [0.2, 0.25) is 0 Å². The Labute approximate surface area is 134 Å². The molecule has 0 saturated carbocycles. The molecule has 1 heterocycles. The summed E-state index contributed by atoms with van der Waals surface area (Å²) in [4.78, 5) is 0.0303. The minimum absolute atomic E-state index is 0.0303. The van der Waals surface area contributed by atoms with E-state index in [2.05, 4.69) is 4.72 Å². The molecule has 0 fully saturated rings. The van der Waals surface area contributed by atoms with Gasteiger partial charge in [-0.05, 0) is 36.8 Å². The van der Waals surface area contributed by atoms with Gasteiger partial charge in [-0.1, -0.05) is 6.07 Å².